The number of hydrogen-bond donors (Lipinski definition) is 1. The largest absolute Gasteiger partial charge is 0.416 e. The highest BCUT2D eigenvalue weighted by atomic mass is 19.4. The van der Waals surface area contributed by atoms with Crippen LogP contribution in [0.1, 0.15) is 40.7 Å². The van der Waals surface area contributed by atoms with Gasteiger partial charge in [-0.1, -0.05) is 30.3 Å². The SMILES string of the molecule is O=C(c1ccc(C(F)(F)F)cc1)N1CCC(C(O)CCc2ccccc2)CC1. The minimum Gasteiger partial charge on any atom is -0.393 e. The number of aliphatic hydroxyl groups is 1. The van der Waals surface area contributed by atoms with Crippen molar-refractivity contribution >= 4 is 5.91 Å². The molecule has 0 bridgehead atoms. The maximum atomic E-state index is 12.6. The molecule has 3 rings (SSSR count). The van der Waals surface area contributed by atoms with Crippen molar-refractivity contribution in [1.29, 1.82) is 0 Å². The zero-order chi connectivity index (χ0) is 20.1. The van der Waals surface area contributed by atoms with Crippen LogP contribution in [0.25, 0.3) is 0 Å². The van der Waals surface area contributed by atoms with Gasteiger partial charge >= 0.3 is 6.18 Å². The van der Waals surface area contributed by atoms with Crippen molar-refractivity contribution < 1.29 is 23.1 Å². The second kappa shape index (κ2) is 8.78. The van der Waals surface area contributed by atoms with Gasteiger partial charge in [0.2, 0.25) is 0 Å². The summed E-state index contributed by atoms with van der Waals surface area (Å²) in [7, 11) is 0. The van der Waals surface area contributed by atoms with E-state index in [1.807, 2.05) is 30.3 Å². The Labute approximate surface area is 162 Å². The summed E-state index contributed by atoms with van der Waals surface area (Å²) in [5, 5.41) is 10.5. The van der Waals surface area contributed by atoms with Gasteiger partial charge < -0.3 is 10.0 Å². The van der Waals surface area contributed by atoms with E-state index in [2.05, 4.69) is 0 Å². The summed E-state index contributed by atoms with van der Waals surface area (Å²) in [6.45, 7) is 1.01. The Kier molecular flexibility index (Phi) is 6.39. The van der Waals surface area contributed by atoms with E-state index in [1.54, 1.807) is 4.90 Å². The molecule has 0 spiro atoms. The Bertz CT molecular complexity index is 767. The van der Waals surface area contributed by atoms with Gasteiger partial charge in [-0.3, -0.25) is 4.79 Å². The third-order valence-electron chi connectivity index (χ3n) is 5.40. The first kappa shape index (κ1) is 20.4. The average Bonchev–Trinajstić information content (AvgIpc) is 2.72. The first-order chi connectivity index (χ1) is 13.3. The molecule has 3 nitrogen and oxygen atoms in total. The summed E-state index contributed by atoms with van der Waals surface area (Å²) in [6, 6.07) is 14.3. The zero-order valence-corrected chi connectivity index (χ0v) is 15.5. The first-order valence-electron chi connectivity index (χ1n) is 9.53. The number of benzene rings is 2. The van der Waals surface area contributed by atoms with Gasteiger partial charge in [0.05, 0.1) is 11.7 Å². The number of amides is 1. The van der Waals surface area contributed by atoms with E-state index >= 15 is 0 Å². The molecule has 2 aromatic carbocycles. The van der Waals surface area contributed by atoms with Crippen LogP contribution >= 0.6 is 0 Å². The molecule has 2 aromatic rings. The number of carbonyl (C=O) groups excluding carboxylic acids is 1. The van der Waals surface area contributed by atoms with Gasteiger partial charge in [0, 0.05) is 18.7 Å². The van der Waals surface area contributed by atoms with Crippen molar-refractivity contribution in [2.75, 3.05) is 13.1 Å². The summed E-state index contributed by atoms with van der Waals surface area (Å²) in [6.07, 6.45) is -1.93. The third-order valence-corrected chi connectivity index (χ3v) is 5.40. The van der Waals surface area contributed by atoms with Crippen LogP contribution in [0.3, 0.4) is 0 Å². The molecule has 1 fully saturated rings. The number of aryl methyl sites for hydroxylation is 1. The molecule has 0 aromatic heterocycles. The molecule has 1 atom stereocenters. The minimum absolute atomic E-state index is 0.139. The lowest BCUT2D eigenvalue weighted by atomic mass is 9.88. The fraction of sp³-hybridized carbons (Fsp3) is 0.409. The predicted octanol–water partition coefficient (Wildman–Crippen LogP) is 4.55. The van der Waals surface area contributed by atoms with Crippen molar-refractivity contribution in [2.24, 2.45) is 5.92 Å². The first-order valence-corrected chi connectivity index (χ1v) is 9.53. The fourth-order valence-corrected chi connectivity index (χ4v) is 3.67. The summed E-state index contributed by atoms with van der Waals surface area (Å²) >= 11 is 0. The normalized spacial score (nSPS) is 16.8. The number of rotatable bonds is 5. The average molecular weight is 391 g/mol. The van der Waals surface area contributed by atoms with Gasteiger partial charge in [-0.25, -0.2) is 0 Å². The van der Waals surface area contributed by atoms with E-state index in [0.29, 0.717) is 32.4 Å². The highest BCUT2D eigenvalue weighted by molar-refractivity contribution is 5.94. The Hall–Kier alpha value is -2.34. The van der Waals surface area contributed by atoms with Crippen LogP contribution in [-0.4, -0.2) is 35.1 Å². The van der Waals surface area contributed by atoms with E-state index in [4.69, 9.17) is 0 Å². The highest BCUT2D eigenvalue weighted by Gasteiger charge is 2.31. The van der Waals surface area contributed by atoms with Crippen molar-refractivity contribution in [2.45, 2.75) is 38.0 Å². The molecule has 1 aliphatic heterocycles. The lowest BCUT2D eigenvalue weighted by Crippen LogP contribution is -2.41. The molecule has 1 saturated heterocycles. The van der Waals surface area contributed by atoms with Crippen LogP contribution in [0.4, 0.5) is 13.2 Å². The van der Waals surface area contributed by atoms with Crippen LogP contribution in [0.5, 0.6) is 0 Å². The number of piperidine rings is 1. The van der Waals surface area contributed by atoms with E-state index in [-0.39, 0.29) is 17.4 Å². The van der Waals surface area contributed by atoms with E-state index in [0.717, 1.165) is 18.6 Å². The van der Waals surface area contributed by atoms with Crippen LogP contribution < -0.4 is 0 Å². The molecular formula is C22H24F3NO2. The predicted molar refractivity (Wildman–Crippen MR) is 101 cm³/mol. The molecule has 1 unspecified atom stereocenters. The molecule has 1 N–H and O–H groups in total. The maximum Gasteiger partial charge on any atom is 0.416 e. The van der Waals surface area contributed by atoms with Gasteiger partial charge in [0.25, 0.3) is 5.91 Å². The van der Waals surface area contributed by atoms with Gasteiger partial charge in [-0.2, -0.15) is 13.2 Å². The zero-order valence-electron chi connectivity index (χ0n) is 15.5. The Morgan fingerprint density at radius 1 is 1.04 bits per heavy atom. The standard InChI is InChI=1S/C22H24F3NO2/c23-22(24,25)19-9-7-18(8-10-19)21(28)26-14-12-17(13-15-26)20(27)11-6-16-4-2-1-3-5-16/h1-5,7-10,17,20,27H,6,11-15H2. The van der Waals surface area contributed by atoms with Gasteiger partial charge in [-0.05, 0) is 61.4 Å². The lowest BCUT2D eigenvalue weighted by molar-refractivity contribution is -0.137. The molecule has 1 heterocycles. The summed E-state index contributed by atoms with van der Waals surface area (Å²) < 4.78 is 37.9. The topological polar surface area (TPSA) is 40.5 Å². The number of aliphatic hydroxyl groups excluding tert-OH is 1. The number of carbonyl (C=O) groups is 1. The highest BCUT2D eigenvalue weighted by Crippen LogP contribution is 2.30. The van der Waals surface area contributed by atoms with Crippen LogP contribution in [0, 0.1) is 5.92 Å². The monoisotopic (exact) mass is 391 g/mol. The second-order valence-corrected chi connectivity index (χ2v) is 7.30. The second-order valence-electron chi connectivity index (χ2n) is 7.30. The minimum atomic E-state index is -4.41. The Morgan fingerprint density at radius 2 is 1.64 bits per heavy atom. The molecular weight excluding hydrogens is 367 g/mol. The van der Waals surface area contributed by atoms with E-state index < -0.39 is 17.8 Å². The third kappa shape index (κ3) is 5.13. The van der Waals surface area contributed by atoms with Crippen molar-refractivity contribution in [3.63, 3.8) is 0 Å². The number of alkyl halides is 3. The fourth-order valence-electron chi connectivity index (χ4n) is 3.67. The van der Waals surface area contributed by atoms with Crippen LogP contribution in [0.15, 0.2) is 54.6 Å². The molecule has 1 aliphatic rings. The molecule has 28 heavy (non-hydrogen) atoms. The number of halogens is 3. The maximum absolute atomic E-state index is 12.6. The van der Waals surface area contributed by atoms with Gasteiger partial charge in [0.15, 0.2) is 0 Å². The Morgan fingerprint density at radius 3 is 2.21 bits per heavy atom. The molecule has 0 radical (unpaired) electrons. The molecule has 6 heteroatoms. The lowest BCUT2D eigenvalue weighted by Gasteiger charge is -2.34. The van der Waals surface area contributed by atoms with Crippen LogP contribution in [-0.2, 0) is 12.6 Å². The summed E-state index contributed by atoms with van der Waals surface area (Å²) in [4.78, 5) is 14.2. The van der Waals surface area contributed by atoms with Crippen molar-refractivity contribution in [3.05, 3.63) is 71.3 Å². The summed E-state index contributed by atoms with van der Waals surface area (Å²) in [5.74, 6) is -0.119. The number of nitrogens with zero attached hydrogens (tertiary/aromatic N) is 1. The summed E-state index contributed by atoms with van der Waals surface area (Å²) in [5.41, 5.74) is 0.692. The number of likely N-dealkylation sites (tertiary alicyclic amines) is 1. The molecule has 0 aliphatic carbocycles. The van der Waals surface area contributed by atoms with E-state index in [1.165, 1.54) is 17.7 Å². The van der Waals surface area contributed by atoms with Gasteiger partial charge in [-0.15, -0.1) is 0 Å². The number of hydrogen-bond acceptors (Lipinski definition) is 2. The quantitative estimate of drug-likeness (QED) is 0.812. The van der Waals surface area contributed by atoms with Crippen molar-refractivity contribution in [3.8, 4) is 0 Å². The Balaban J connectivity index is 1.49. The smallest absolute Gasteiger partial charge is 0.393 e. The van der Waals surface area contributed by atoms with E-state index in [9.17, 15) is 23.1 Å². The molecule has 150 valence electrons. The van der Waals surface area contributed by atoms with Crippen LogP contribution in [0.2, 0.25) is 0 Å². The molecule has 0 saturated carbocycles. The molecule has 1 amide bonds. The van der Waals surface area contributed by atoms with Crippen molar-refractivity contribution in [1.82, 2.24) is 4.90 Å². The van der Waals surface area contributed by atoms with Gasteiger partial charge in [0.1, 0.15) is 0 Å².